The number of H-pyrrole nitrogens is 1. The highest BCUT2D eigenvalue weighted by Gasteiger charge is 2.32. The van der Waals surface area contributed by atoms with Gasteiger partial charge in [0.05, 0.1) is 22.1 Å². The summed E-state index contributed by atoms with van der Waals surface area (Å²) in [5.74, 6) is -0.511. The molecule has 0 unspecified atom stereocenters. The number of alkyl halides is 3. The minimum Gasteiger partial charge on any atom is -0.370 e. The van der Waals surface area contributed by atoms with Gasteiger partial charge in [-0.25, -0.2) is 0 Å². The predicted octanol–water partition coefficient (Wildman–Crippen LogP) is 3.33. The lowest BCUT2D eigenvalue weighted by atomic mass is 9.99. The summed E-state index contributed by atoms with van der Waals surface area (Å²) in [5.41, 5.74) is 4.49. The Morgan fingerprint density at radius 3 is 2.52 bits per heavy atom. The average Bonchev–Trinajstić information content (AvgIpc) is 2.61. The first-order valence-corrected chi connectivity index (χ1v) is 6.54. The fourth-order valence-corrected chi connectivity index (χ4v) is 2.85. The SMILES string of the molecule is CC(C)(CC(N)=O)n1c(=S)[nH]c2cc(C(F)(F)F)ccc21. The Balaban J connectivity index is 2.65. The predicted molar refractivity (Wildman–Crippen MR) is 75.3 cm³/mol. The Morgan fingerprint density at radius 2 is 2.00 bits per heavy atom. The van der Waals surface area contributed by atoms with Crippen LogP contribution in [0.3, 0.4) is 0 Å². The van der Waals surface area contributed by atoms with Gasteiger partial charge in [0.25, 0.3) is 0 Å². The van der Waals surface area contributed by atoms with Gasteiger partial charge in [0.1, 0.15) is 0 Å². The largest absolute Gasteiger partial charge is 0.416 e. The fourth-order valence-electron chi connectivity index (χ4n) is 2.39. The molecule has 4 nitrogen and oxygen atoms in total. The molecule has 114 valence electrons. The van der Waals surface area contributed by atoms with Crippen LogP contribution in [0.2, 0.25) is 0 Å². The maximum absolute atomic E-state index is 12.7. The molecule has 0 aliphatic rings. The smallest absolute Gasteiger partial charge is 0.370 e. The minimum atomic E-state index is -4.42. The quantitative estimate of drug-likeness (QED) is 0.853. The Bertz CT molecular complexity index is 758. The molecule has 0 atom stereocenters. The molecule has 1 aromatic heterocycles. The van der Waals surface area contributed by atoms with Crippen molar-refractivity contribution in [3.8, 4) is 0 Å². The molecule has 2 rings (SSSR count). The average molecular weight is 317 g/mol. The standard InChI is InChI=1S/C13H14F3N3OS/c1-12(2,6-10(17)20)19-9-4-3-7(13(14,15)16)5-8(9)18-11(19)21/h3-5H,6H2,1-2H3,(H2,17,20)(H,18,21). The zero-order valence-electron chi connectivity index (χ0n) is 11.4. The van der Waals surface area contributed by atoms with E-state index in [1.165, 1.54) is 6.07 Å². The summed E-state index contributed by atoms with van der Waals surface area (Å²) in [6.45, 7) is 3.50. The molecule has 0 bridgehead atoms. The second-order valence-corrected chi connectivity index (χ2v) is 5.84. The molecule has 0 aliphatic carbocycles. The van der Waals surface area contributed by atoms with Crippen molar-refractivity contribution >= 4 is 29.2 Å². The number of carbonyl (C=O) groups excluding carboxylic acids is 1. The van der Waals surface area contributed by atoms with Crippen molar-refractivity contribution in [2.45, 2.75) is 32.0 Å². The molecule has 8 heteroatoms. The van der Waals surface area contributed by atoms with Crippen LogP contribution in [0.1, 0.15) is 25.8 Å². The molecule has 21 heavy (non-hydrogen) atoms. The van der Waals surface area contributed by atoms with Crippen molar-refractivity contribution in [1.29, 1.82) is 0 Å². The highest BCUT2D eigenvalue weighted by Crippen LogP contribution is 2.33. The van der Waals surface area contributed by atoms with E-state index < -0.39 is 23.2 Å². The van der Waals surface area contributed by atoms with Crippen molar-refractivity contribution in [2.24, 2.45) is 5.73 Å². The molecule has 0 aliphatic heterocycles. The Morgan fingerprint density at radius 1 is 1.38 bits per heavy atom. The van der Waals surface area contributed by atoms with E-state index in [9.17, 15) is 18.0 Å². The van der Waals surface area contributed by atoms with Crippen molar-refractivity contribution in [3.05, 3.63) is 28.5 Å². The van der Waals surface area contributed by atoms with Gasteiger partial charge in [-0.2, -0.15) is 13.2 Å². The summed E-state index contributed by atoms with van der Waals surface area (Å²) in [7, 11) is 0. The van der Waals surface area contributed by atoms with Crippen LogP contribution in [0.5, 0.6) is 0 Å². The van der Waals surface area contributed by atoms with E-state index in [0.717, 1.165) is 12.1 Å². The van der Waals surface area contributed by atoms with Gasteiger partial charge in [-0.1, -0.05) is 0 Å². The number of aromatic nitrogens is 2. The normalized spacial score (nSPS) is 12.8. The highest BCUT2D eigenvalue weighted by atomic mass is 32.1. The number of nitrogens with zero attached hydrogens (tertiary/aromatic N) is 1. The third kappa shape index (κ3) is 2.94. The molecule has 0 radical (unpaired) electrons. The summed E-state index contributed by atoms with van der Waals surface area (Å²) in [6, 6.07) is 3.33. The van der Waals surface area contributed by atoms with Crippen LogP contribution in [-0.4, -0.2) is 15.5 Å². The van der Waals surface area contributed by atoms with Gasteiger partial charge >= 0.3 is 6.18 Å². The molecule has 0 saturated heterocycles. The number of benzene rings is 1. The zero-order chi connectivity index (χ0) is 16.0. The molecule has 1 heterocycles. The first-order valence-electron chi connectivity index (χ1n) is 6.13. The number of amides is 1. The number of hydrogen-bond acceptors (Lipinski definition) is 2. The van der Waals surface area contributed by atoms with Gasteiger partial charge in [0.15, 0.2) is 4.77 Å². The molecule has 0 fully saturated rings. The maximum atomic E-state index is 12.7. The summed E-state index contributed by atoms with van der Waals surface area (Å²) in [6.07, 6.45) is -4.40. The number of imidazole rings is 1. The summed E-state index contributed by atoms with van der Waals surface area (Å²) in [5, 5.41) is 0. The number of rotatable bonds is 3. The number of nitrogens with one attached hydrogen (secondary N) is 1. The highest BCUT2D eigenvalue weighted by molar-refractivity contribution is 7.71. The van der Waals surface area contributed by atoms with Crippen LogP contribution in [0, 0.1) is 4.77 Å². The van der Waals surface area contributed by atoms with E-state index >= 15 is 0 Å². The topological polar surface area (TPSA) is 63.8 Å². The number of hydrogen-bond donors (Lipinski definition) is 2. The third-order valence-corrected chi connectivity index (χ3v) is 3.51. The van der Waals surface area contributed by atoms with Crippen molar-refractivity contribution in [2.75, 3.05) is 0 Å². The van der Waals surface area contributed by atoms with Crippen molar-refractivity contribution in [1.82, 2.24) is 9.55 Å². The van der Waals surface area contributed by atoms with E-state index in [2.05, 4.69) is 4.98 Å². The van der Waals surface area contributed by atoms with Crippen LogP contribution in [0.15, 0.2) is 18.2 Å². The molecule has 0 saturated carbocycles. The number of nitrogens with two attached hydrogens (primary N) is 1. The molecule has 1 aromatic carbocycles. The fraction of sp³-hybridized carbons (Fsp3) is 0.385. The van der Waals surface area contributed by atoms with Gasteiger partial charge in [-0.05, 0) is 44.3 Å². The second-order valence-electron chi connectivity index (χ2n) is 5.45. The molecule has 1 amide bonds. The second kappa shape index (κ2) is 4.87. The lowest BCUT2D eigenvalue weighted by Crippen LogP contribution is -2.32. The van der Waals surface area contributed by atoms with E-state index in [4.69, 9.17) is 18.0 Å². The van der Waals surface area contributed by atoms with E-state index in [0.29, 0.717) is 5.52 Å². The maximum Gasteiger partial charge on any atom is 0.416 e. The molecular weight excluding hydrogens is 303 g/mol. The first kappa shape index (κ1) is 15.6. The number of carbonyl (C=O) groups is 1. The van der Waals surface area contributed by atoms with Crippen LogP contribution in [0.25, 0.3) is 11.0 Å². The lowest BCUT2D eigenvalue weighted by molar-refractivity contribution is -0.137. The molecule has 3 N–H and O–H groups in total. The Labute approximate surface area is 123 Å². The number of halogens is 3. The number of aromatic amines is 1. The van der Waals surface area contributed by atoms with E-state index in [1.807, 2.05) is 0 Å². The van der Waals surface area contributed by atoms with Crippen LogP contribution in [0.4, 0.5) is 13.2 Å². The molecular formula is C13H14F3N3OS. The monoisotopic (exact) mass is 317 g/mol. The van der Waals surface area contributed by atoms with Gasteiger partial charge in [0.2, 0.25) is 5.91 Å². The van der Waals surface area contributed by atoms with Gasteiger partial charge in [-0.3, -0.25) is 4.79 Å². The minimum absolute atomic E-state index is 0.0231. The van der Waals surface area contributed by atoms with Crippen LogP contribution < -0.4 is 5.73 Å². The molecule has 0 spiro atoms. The van der Waals surface area contributed by atoms with E-state index in [1.54, 1.807) is 18.4 Å². The van der Waals surface area contributed by atoms with Crippen molar-refractivity contribution < 1.29 is 18.0 Å². The Kier molecular flexibility index (Phi) is 3.61. The molecule has 2 aromatic rings. The number of primary amides is 1. The lowest BCUT2D eigenvalue weighted by Gasteiger charge is -2.26. The van der Waals surface area contributed by atoms with Crippen molar-refractivity contribution in [3.63, 3.8) is 0 Å². The van der Waals surface area contributed by atoms with Crippen LogP contribution >= 0.6 is 12.2 Å². The van der Waals surface area contributed by atoms with Gasteiger partial charge < -0.3 is 15.3 Å². The third-order valence-electron chi connectivity index (χ3n) is 3.22. The van der Waals surface area contributed by atoms with E-state index in [-0.39, 0.29) is 16.7 Å². The van der Waals surface area contributed by atoms with Crippen LogP contribution in [-0.2, 0) is 16.5 Å². The first-order chi connectivity index (χ1) is 9.52. The summed E-state index contributed by atoms with van der Waals surface area (Å²) >= 11 is 5.16. The summed E-state index contributed by atoms with van der Waals surface area (Å²) in [4.78, 5) is 13.9. The van der Waals surface area contributed by atoms with Gasteiger partial charge in [0, 0.05) is 6.42 Å². The number of fused-ring (bicyclic) bond motifs is 1. The van der Waals surface area contributed by atoms with Gasteiger partial charge in [-0.15, -0.1) is 0 Å². The Hall–Kier alpha value is -1.83. The zero-order valence-corrected chi connectivity index (χ0v) is 12.2. The summed E-state index contributed by atoms with van der Waals surface area (Å²) < 4.78 is 40.0.